The maximum atomic E-state index is 12.6. The molecule has 0 bridgehead atoms. The highest BCUT2D eigenvalue weighted by molar-refractivity contribution is 5.43. The molecule has 1 saturated carbocycles. The Bertz CT molecular complexity index is 306. The molecule has 0 heterocycles. The Labute approximate surface area is 82.8 Å². The molecule has 2 rings (SSSR count). The maximum absolute atomic E-state index is 12.6. The lowest BCUT2D eigenvalue weighted by Crippen LogP contribution is -2.18. The number of benzene rings is 1. The fraction of sp³-hybridized carbons (Fsp3) is 0.455. The predicted molar refractivity (Wildman–Crippen MR) is 53.6 cm³/mol. The van der Waals surface area contributed by atoms with E-state index in [2.05, 4.69) is 5.32 Å². The van der Waals surface area contributed by atoms with E-state index in [1.807, 2.05) is 0 Å². The van der Waals surface area contributed by atoms with Gasteiger partial charge in [-0.1, -0.05) is 0 Å². The summed E-state index contributed by atoms with van der Waals surface area (Å²) in [7, 11) is 0. The Morgan fingerprint density at radius 1 is 1.29 bits per heavy atom. The van der Waals surface area contributed by atoms with Gasteiger partial charge < -0.3 is 10.4 Å². The van der Waals surface area contributed by atoms with Crippen molar-refractivity contribution in [1.82, 2.24) is 0 Å². The molecule has 1 aromatic rings. The van der Waals surface area contributed by atoms with Crippen LogP contribution in [0.2, 0.25) is 0 Å². The second-order valence-electron chi connectivity index (χ2n) is 4.02. The Balaban J connectivity index is 1.89. The van der Waals surface area contributed by atoms with Gasteiger partial charge in [-0.15, -0.1) is 0 Å². The van der Waals surface area contributed by atoms with E-state index in [-0.39, 0.29) is 17.8 Å². The van der Waals surface area contributed by atoms with E-state index in [4.69, 9.17) is 5.11 Å². The van der Waals surface area contributed by atoms with Crippen LogP contribution in [0.4, 0.5) is 10.1 Å². The van der Waals surface area contributed by atoms with E-state index in [1.165, 1.54) is 12.1 Å². The third-order valence-electron chi connectivity index (χ3n) is 2.80. The molecule has 14 heavy (non-hydrogen) atoms. The highest BCUT2D eigenvalue weighted by atomic mass is 19.1. The Kier molecular flexibility index (Phi) is 2.42. The molecule has 2 nitrogen and oxygen atoms in total. The van der Waals surface area contributed by atoms with Crippen molar-refractivity contribution in [2.24, 2.45) is 5.41 Å². The molecule has 1 aliphatic rings. The molecule has 1 aromatic carbocycles. The normalized spacial score (nSPS) is 17.9. The molecule has 0 aromatic heterocycles. The van der Waals surface area contributed by atoms with E-state index in [0.29, 0.717) is 0 Å². The number of rotatable bonds is 4. The van der Waals surface area contributed by atoms with Gasteiger partial charge >= 0.3 is 0 Å². The van der Waals surface area contributed by atoms with Gasteiger partial charge in [-0.2, -0.15) is 0 Å². The molecule has 0 amide bonds. The first-order chi connectivity index (χ1) is 6.74. The van der Waals surface area contributed by atoms with E-state index in [9.17, 15) is 4.39 Å². The summed E-state index contributed by atoms with van der Waals surface area (Å²) in [5.74, 6) is -0.223. The van der Waals surface area contributed by atoms with Crippen molar-refractivity contribution in [2.45, 2.75) is 12.8 Å². The number of hydrogen-bond donors (Lipinski definition) is 2. The molecule has 1 aliphatic carbocycles. The first-order valence-corrected chi connectivity index (χ1v) is 4.84. The first-order valence-electron chi connectivity index (χ1n) is 4.84. The zero-order valence-electron chi connectivity index (χ0n) is 7.96. The Hall–Kier alpha value is -1.09. The van der Waals surface area contributed by atoms with Crippen molar-refractivity contribution in [3.8, 4) is 0 Å². The van der Waals surface area contributed by atoms with Crippen molar-refractivity contribution >= 4 is 5.69 Å². The molecule has 0 unspecified atom stereocenters. The minimum absolute atomic E-state index is 0.0917. The number of anilines is 1. The van der Waals surface area contributed by atoms with Crippen LogP contribution in [0.15, 0.2) is 24.3 Å². The van der Waals surface area contributed by atoms with Crippen LogP contribution in [0, 0.1) is 11.2 Å². The van der Waals surface area contributed by atoms with Gasteiger partial charge in [0.1, 0.15) is 5.82 Å². The minimum Gasteiger partial charge on any atom is -0.396 e. The topological polar surface area (TPSA) is 32.3 Å². The summed E-state index contributed by atoms with van der Waals surface area (Å²) < 4.78 is 12.6. The van der Waals surface area contributed by atoms with E-state index < -0.39 is 0 Å². The zero-order valence-corrected chi connectivity index (χ0v) is 7.96. The standard InChI is InChI=1S/C11H14FNO/c12-9-1-3-10(4-2-9)13-7-11(8-14)5-6-11/h1-4,13-14H,5-8H2. The lowest BCUT2D eigenvalue weighted by molar-refractivity contribution is 0.220. The quantitative estimate of drug-likeness (QED) is 0.770. The van der Waals surface area contributed by atoms with Crippen LogP contribution in [0.5, 0.6) is 0 Å². The molecule has 0 aliphatic heterocycles. The van der Waals surface area contributed by atoms with Gasteiger partial charge in [0.15, 0.2) is 0 Å². The van der Waals surface area contributed by atoms with Crippen LogP contribution < -0.4 is 5.32 Å². The van der Waals surface area contributed by atoms with E-state index in [0.717, 1.165) is 25.1 Å². The third kappa shape index (κ3) is 2.04. The van der Waals surface area contributed by atoms with Crippen LogP contribution in [-0.2, 0) is 0 Å². The fourth-order valence-corrected chi connectivity index (χ4v) is 1.42. The molecule has 76 valence electrons. The first kappa shape index (κ1) is 9.46. The summed E-state index contributed by atoms with van der Waals surface area (Å²) in [5.41, 5.74) is 1.00. The summed E-state index contributed by atoms with van der Waals surface area (Å²) >= 11 is 0. The molecular formula is C11H14FNO. The van der Waals surface area contributed by atoms with E-state index >= 15 is 0 Å². The van der Waals surface area contributed by atoms with Gasteiger partial charge in [0, 0.05) is 17.6 Å². The Morgan fingerprint density at radius 3 is 2.43 bits per heavy atom. The van der Waals surface area contributed by atoms with Gasteiger partial charge in [0.05, 0.1) is 6.61 Å². The van der Waals surface area contributed by atoms with Gasteiger partial charge in [-0.05, 0) is 37.1 Å². The smallest absolute Gasteiger partial charge is 0.123 e. The zero-order chi connectivity index (χ0) is 10.0. The van der Waals surface area contributed by atoms with Crippen LogP contribution in [-0.4, -0.2) is 18.3 Å². The van der Waals surface area contributed by atoms with Crippen LogP contribution in [0.1, 0.15) is 12.8 Å². The fourth-order valence-electron chi connectivity index (χ4n) is 1.42. The molecular weight excluding hydrogens is 181 g/mol. The van der Waals surface area contributed by atoms with Crippen LogP contribution >= 0.6 is 0 Å². The summed E-state index contributed by atoms with van der Waals surface area (Å²) in [6.07, 6.45) is 2.16. The highest BCUT2D eigenvalue weighted by Crippen LogP contribution is 2.44. The number of aliphatic hydroxyl groups excluding tert-OH is 1. The monoisotopic (exact) mass is 195 g/mol. The lowest BCUT2D eigenvalue weighted by Gasteiger charge is -2.13. The predicted octanol–water partition coefficient (Wildman–Crippen LogP) is 2.01. The van der Waals surface area contributed by atoms with Crippen LogP contribution in [0.25, 0.3) is 0 Å². The molecule has 0 atom stereocenters. The van der Waals surface area contributed by atoms with Gasteiger partial charge in [-0.25, -0.2) is 4.39 Å². The molecule has 3 heteroatoms. The van der Waals surface area contributed by atoms with Crippen molar-refractivity contribution < 1.29 is 9.50 Å². The summed E-state index contributed by atoms with van der Waals surface area (Å²) in [6, 6.07) is 6.28. The molecule has 0 saturated heterocycles. The second kappa shape index (κ2) is 3.58. The van der Waals surface area contributed by atoms with Gasteiger partial charge in [0.25, 0.3) is 0 Å². The average molecular weight is 195 g/mol. The van der Waals surface area contributed by atoms with Crippen molar-refractivity contribution in [2.75, 3.05) is 18.5 Å². The largest absolute Gasteiger partial charge is 0.396 e. The summed E-state index contributed by atoms with van der Waals surface area (Å²) in [5, 5.41) is 12.3. The van der Waals surface area contributed by atoms with Crippen LogP contribution in [0.3, 0.4) is 0 Å². The van der Waals surface area contributed by atoms with Crippen molar-refractivity contribution in [3.63, 3.8) is 0 Å². The summed E-state index contributed by atoms with van der Waals surface area (Å²) in [4.78, 5) is 0. The number of aliphatic hydroxyl groups is 1. The highest BCUT2D eigenvalue weighted by Gasteiger charge is 2.41. The average Bonchev–Trinajstić information content (AvgIpc) is 2.98. The number of hydrogen-bond acceptors (Lipinski definition) is 2. The van der Waals surface area contributed by atoms with Crippen molar-refractivity contribution in [1.29, 1.82) is 0 Å². The van der Waals surface area contributed by atoms with Gasteiger partial charge in [-0.3, -0.25) is 0 Å². The second-order valence-corrected chi connectivity index (χ2v) is 4.02. The Morgan fingerprint density at radius 2 is 1.93 bits per heavy atom. The van der Waals surface area contributed by atoms with E-state index in [1.54, 1.807) is 12.1 Å². The number of halogens is 1. The molecule has 0 radical (unpaired) electrons. The van der Waals surface area contributed by atoms with Gasteiger partial charge in [0.2, 0.25) is 0 Å². The summed E-state index contributed by atoms with van der Waals surface area (Å²) in [6.45, 7) is 1.01. The molecule has 0 spiro atoms. The maximum Gasteiger partial charge on any atom is 0.123 e. The molecule has 1 fully saturated rings. The third-order valence-corrected chi connectivity index (χ3v) is 2.80. The lowest BCUT2D eigenvalue weighted by atomic mass is 10.1. The molecule has 2 N–H and O–H groups in total. The number of nitrogens with one attached hydrogen (secondary N) is 1. The SMILES string of the molecule is OCC1(CNc2ccc(F)cc2)CC1. The van der Waals surface area contributed by atoms with Crippen molar-refractivity contribution in [3.05, 3.63) is 30.1 Å². The minimum atomic E-state index is -0.223.